The van der Waals surface area contributed by atoms with Crippen LogP contribution in [-0.2, 0) is 4.79 Å². The number of ether oxygens (including phenoxy) is 1. The number of amides is 1. The Balaban J connectivity index is 2.23. The van der Waals surface area contributed by atoms with Crippen LogP contribution in [0, 0.1) is 20.2 Å². The highest BCUT2D eigenvalue weighted by Crippen LogP contribution is 2.27. The zero-order chi connectivity index (χ0) is 21.6. The van der Waals surface area contributed by atoms with Crippen molar-refractivity contribution in [3.05, 3.63) is 74.3 Å². The number of carbonyl (C=O) groups is 1. The van der Waals surface area contributed by atoms with Gasteiger partial charge >= 0.3 is 5.69 Å². The van der Waals surface area contributed by atoms with Crippen LogP contribution in [0.5, 0.6) is 5.75 Å². The fraction of sp³-hybridized carbons (Fsp3) is 0.235. The number of halogens is 2. The summed E-state index contributed by atoms with van der Waals surface area (Å²) in [6, 6.07) is 9.47. The van der Waals surface area contributed by atoms with Crippen LogP contribution in [0.1, 0.15) is 11.7 Å². The number of alkyl halides is 2. The summed E-state index contributed by atoms with van der Waals surface area (Å²) in [7, 11) is 0. The Bertz CT molecular complexity index is 893. The number of hydrogen-bond donors (Lipinski definition) is 2. The molecular weight excluding hydrogens is 429 g/mol. The lowest BCUT2D eigenvalue weighted by atomic mass is 10.0. The van der Waals surface area contributed by atoms with Gasteiger partial charge in [-0.05, 0) is 23.8 Å². The van der Waals surface area contributed by atoms with Gasteiger partial charge in [0, 0.05) is 18.2 Å². The average Bonchev–Trinajstić information content (AvgIpc) is 2.70. The summed E-state index contributed by atoms with van der Waals surface area (Å²) in [4.78, 5) is 31.1. The van der Waals surface area contributed by atoms with Crippen LogP contribution in [0.25, 0.3) is 0 Å². The van der Waals surface area contributed by atoms with Crippen molar-refractivity contribution < 1.29 is 24.5 Å². The maximum Gasteiger partial charge on any atom is 0.310 e. The van der Waals surface area contributed by atoms with Crippen LogP contribution in [0.4, 0.5) is 11.4 Å². The molecule has 0 saturated heterocycles. The minimum Gasteiger partial charge on any atom is -0.485 e. The molecule has 0 bridgehead atoms. The third-order valence-corrected chi connectivity index (χ3v) is 4.23. The highest BCUT2D eigenvalue weighted by atomic mass is 35.5. The van der Waals surface area contributed by atoms with E-state index in [4.69, 9.17) is 27.9 Å². The molecule has 2 aromatic carbocycles. The Hall–Kier alpha value is -2.95. The van der Waals surface area contributed by atoms with Crippen LogP contribution >= 0.6 is 23.2 Å². The van der Waals surface area contributed by atoms with Crippen molar-refractivity contribution in [3.63, 3.8) is 0 Å². The molecular formula is C17H15Cl2N3O7. The third kappa shape index (κ3) is 6.01. The van der Waals surface area contributed by atoms with Crippen LogP contribution in [0.15, 0.2) is 48.5 Å². The molecule has 0 heterocycles. The number of non-ortho nitro benzene ring substituents is 1. The van der Waals surface area contributed by atoms with Crippen molar-refractivity contribution in [3.8, 4) is 5.75 Å². The molecule has 0 radical (unpaired) electrons. The Morgan fingerprint density at radius 2 is 1.69 bits per heavy atom. The van der Waals surface area contributed by atoms with Gasteiger partial charge in [0.2, 0.25) is 0 Å². The van der Waals surface area contributed by atoms with Gasteiger partial charge in [-0.3, -0.25) is 25.0 Å². The van der Waals surface area contributed by atoms with E-state index < -0.39 is 32.7 Å². The molecule has 0 aliphatic carbocycles. The van der Waals surface area contributed by atoms with E-state index in [1.807, 2.05) is 0 Å². The Kier molecular flexibility index (Phi) is 7.71. The first-order valence-corrected chi connectivity index (χ1v) is 8.95. The normalized spacial score (nSPS) is 12.8. The van der Waals surface area contributed by atoms with E-state index >= 15 is 0 Å². The topological polar surface area (TPSA) is 145 Å². The molecule has 1 amide bonds. The number of nitro benzene ring substituents is 2. The SMILES string of the molecule is O=C(N[C@H](COc1ccccc1[N+](=O)[O-])[C@H](O)c1ccc([N+](=O)[O-])cc1)C(Cl)Cl. The fourth-order valence-corrected chi connectivity index (χ4v) is 2.52. The van der Waals surface area contributed by atoms with Crippen molar-refractivity contribution >= 4 is 40.5 Å². The Labute approximate surface area is 174 Å². The number of hydrogen-bond acceptors (Lipinski definition) is 7. The van der Waals surface area contributed by atoms with Crippen molar-refractivity contribution in [1.82, 2.24) is 5.32 Å². The van der Waals surface area contributed by atoms with Crippen molar-refractivity contribution in [2.24, 2.45) is 0 Å². The van der Waals surface area contributed by atoms with Gasteiger partial charge in [-0.25, -0.2) is 0 Å². The van der Waals surface area contributed by atoms with E-state index in [1.54, 1.807) is 0 Å². The molecule has 2 rings (SSSR count). The lowest BCUT2D eigenvalue weighted by molar-refractivity contribution is -0.385. The first-order chi connectivity index (χ1) is 13.7. The molecule has 0 saturated carbocycles. The van der Waals surface area contributed by atoms with Crippen LogP contribution in [0.3, 0.4) is 0 Å². The molecule has 0 unspecified atom stereocenters. The van der Waals surface area contributed by atoms with Gasteiger partial charge in [0.1, 0.15) is 12.7 Å². The molecule has 10 nitrogen and oxygen atoms in total. The minimum absolute atomic E-state index is 0.0686. The highest BCUT2D eigenvalue weighted by molar-refractivity contribution is 6.53. The maximum absolute atomic E-state index is 11.9. The summed E-state index contributed by atoms with van der Waals surface area (Å²) < 4.78 is 5.44. The van der Waals surface area contributed by atoms with E-state index in [0.29, 0.717) is 0 Å². The third-order valence-electron chi connectivity index (χ3n) is 3.83. The van der Waals surface area contributed by atoms with E-state index in [1.165, 1.54) is 48.5 Å². The summed E-state index contributed by atoms with van der Waals surface area (Å²) in [6.45, 7) is -0.366. The molecule has 29 heavy (non-hydrogen) atoms. The van der Waals surface area contributed by atoms with Gasteiger partial charge in [0.15, 0.2) is 10.6 Å². The molecule has 0 aromatic heterocycles. The fourth-order valence-electron chi connectivity index (χ4n) is 2.39. The predicted molar refractivity (Wildman–Crippen MR) is 104 cm³/mol. The van der Waals surface area contributed by atoms with Crippen molar-refractivity contribution in [2.45, 2.75) is 17.0 Å². The highest BCUT2D eigenvalue weighted by Gasteiger charge is 2.27. The molecule has 0 aliphatic rings. The maximum atomic E-state index is 11.9. The van der Waals surface area contributed by atoms with Gasteiger partial charge in [0.25, 0.3) is 11.6 Å². The lowest BCUT2D eigenvalue weighted by Gasteiger charge is -2.25. The van der Waals surface area contributed by atoms with Gasteiger partial charge in [0.05, 0.1) is 15.9 Å². The molecule has 0 aliphatic heterocycles. The van der Waals surface area contributed by atoms with E-state index in [9.17, 15) is 30.1 Å². The number of para-hydroxylation sites is 2. The van der Waals surface area contributed by atoms with Gasteiger partial charge in [-0.15, -0.1) is 0 Å². The van der Waals surface area contributed by atoms with E-state index in [-0.39, 0.29) is 29.3 Å². The number of carbonyl (C=O) groups excluding carboxylic acids is 1. The quantitative estimate of drug-likeness (QED) is 0.344. The average molecular weight is 444 g/mol. The minimum atomic E-state index is -1.42. The molecule has 0 fully saturated rings. The van der Waals surface area contributed by atoms with E-state index in [2.05, 4.69) is 5.32 Å². The summed E-state index contributed by atoms with van der Waals surface area (Å²) in [5, 5.41) is 34.9. The zero-order valence-corrected chi connectivity index (χ0v) is 16.1. The van der Waals surface area contributed by atoms with Crippen molar-refractivity contribution in [1.29, 1.82) is 0 Å². The number of nitrogens with zero attached hydrogens (tertiary/aromatic N) is 2. The van der Waals surface area contributed by atoms with Gasteiger partial charge in [-0.2, -0.15) is 0 Å². The monoisotopic (exact) mass is 443 g/mol. The first-order valence-electron chi connectivity index (χ1n) is 8.08. The summed E-state index contributed by atoms with van der Waals surface area (Å²) >= 11 is 11.1. The lowest BCUT2D eigenvalue weighted by Crippen LogP contribution is -2.45. The van der Waals surface area contributed by atoms with Crippen LogP contribution in [-0.4, -0.2) is 38.3 Å². The second-order valence-corrected chi connectivity index (χ2v) is 6.84. The molecule has 2 aromatic rings. The second kappa shape index (κ2) is 10.0. The van der Waals surface area contributed by atoms with Crippen LogP contribution in [0.2, 0.25) is 0 Å². The Morgan fingerprint density at radius 3 is 2.24 bits per heavy atom. The number of rotatable bonds is 9. The molecule has 154 valence electrons. The van der Waals surface area contributed by atoms with E-state index in [0.717, 1.165) is 0 Å². The molecule has 2 atom stereocenters. The molecule has 2 N–H and O–H groups in total. The van der Waals surface area contributed by atoms with Gasteiger partial charge in [-0.1, -0.05) is 35.3 Å². The standard InChI is InChI=1S/C17H15Cl2N3O7/c18-16(19)17(24)20-12(9-29-14-4-2-1-3-13(14)22(27)28)15(23)10-5-7-11(8-6-10)21(25)26/h1-8,12,15-16,23H,9H2,(H,20,24)/t12-,15-/m1/s1. The van der Waals surface area contributed by atoms with Crippen LogP contribution < -0.4 is 10.1 Å². The number of aliphatic hydroxyl groups is 1. The molecule has 0 spiro atoms. The zero-order valence-electron chi connectivity index (χ0n) is 14.6. The summed E-state index contributed by atoms with van der Waals surface area (Å²) in [5.41, 5.74) is -0.234. The summed E-state index contributed by atoms with van der Waals surface area (Å²) in [6.07, 6.45) is -1.37. The number of nitrogens with one attached hydrogen (secondary N) is 1. The van der Waals surface area contributed by atoms with Crippen molar-refractivity contribution in [2.75, 3.05) is 6.61 Å². The number of nitro groups is 2. The number of aliphatic hydroxyl groups excluding tert-OH is 1. The smallest absolute Gasteiger partial charge is 0.310 e. The summed E-state index contributed by atoms with van der Waals surface area (Å²) in [5.74, 6) is -0.883. The largest absolute Gasteiger partial charge is 0.485 e. The Morgan fingerprint density at radius 1 is 1.07 bits per heavy atom. The molecule has 12 heteroatoms. The number of benzene rings is 2. The predicted octanol–water partition coefficient (Wildman–Crippen LogP) is 2.90. The first kappa shape index (κ1) is 22.3. The van der Waals surface area contributed by atoms with Gasteiger partial charge < -0.3 is 15.2 Å². The second-order valence-electron chi connectivity index (χ2n) is 5.75.